The number of urea groups is 1. The van der Waals surface area contributed by atoms with Gasteiger partial charge in [0.25, 0.3) is 0 Å². The highest BCUT2D eigenvalue weighted by Gasteiger charge is 2.46. The summed E-state index contributed by atoms with van der Waals surface area (Å²) in [6.07, 6.45) is 0. The summed E-state index contributed by atoms with van der Waals surface area (Å²) in [6, 6.07) is 1.26. The minimum Gasteiger partial charge on any atom is -0.345 e. The van der Waals surface area contributed by atoms with E-state index in [1.54, 1.807) is 0 Å². The van der Waals surface area contributed by atoms with E-state index in [9.17, 15) is 32.8 Å². The van der Waals surface area contributed by atoms with Crippen molar-refractivity contribution in [3.05, 3.63) is 29.8 Å². The fraction of sp³-hybridized carbons (Fsp3) is 0.312. The Hall–Kier alpha value is -3.37. The second-order valence-electron chi connectivity index (χ2n) is 5.90. The Morgan fingerprint density at radius 3 is 2.26 bits per heavy atom. The van der Waals surface area contributed by atoms with Crippen molar-refractivity contribution in [3.8, 4) is 0 Å². The van der Waals surface area contributed by atoms with Crippen LogP contribution in [0.3, 0.4) is 0 Å². The molecule has 1 fully saturated rings. The minimum absolute atomic E-state index is 0.0174. The number of imide groups is 2. The first-order valence-corrected chi connectivity index (χ1v) is 7.82. The Morgan fingerprint density at radius 1 is 1.04 bits per heavy atom. The Morgan fingerprint density at radius 2 is 1.70 bits per heavy atom. The van der Waals surface area contributed by atoms with Crippen molar-refractivity contribution in [2.24, 2.45) is 0 Å². The lowest BCUT2D eigenvalue weighted by Gasteiger charge is -2.18. The van der Waals surface area contributed by atoms with Gasteiger partial charge >= 0.3 is 17.8 Å². The third-order valence-electron chi connectivity index (χ3n) is 3.55. The SMILES string of the molecule is CC(C)N1C(=O)C(=O)N(CC(=O)NCC(=O)Nc2ccc(F)c(F)c2)C1=O. The van der Waals surface area contributed by atoms with Crippen LogP contribution in [0.2, 0.25) is 0 Å². The summed E-state index contributed by atoms with van der Waals surface area (Å²) in [4.78, 5) is 60.3. The molecule has 0 aromatic heterocycles. The molecule has 2 N–H and O–H groups in total. The summed E-state index contributed by atoms with van der Waals surface area (Å²) >= 11 is 0. The molecule has 2 rings (SSSR count). The first-order chi connectivity index (χ1) is 12.6. The quantitative estimate of drug-likeness (QED) is 0.539. The van der Waals surface area contributed by atoms with Crippen LogP contribution in [-0.2, 0) is 19.2 Å². The van der Waals surface area contributed by atoms with Crippen LogP contribution >= 0.6 is 0 Å². The van der Waals surface area contributed by atoms with Gasteiger partial charge in [0.05, 0.1) is 6.54 Å². The molecule has 1 heterocycles. The van der Waals surface area contributed by atoms with Crippen molar-refractivity contribution in [2.45, 2.75) is 19.9 Å². The molecular formula is C16H16F2N4O5. The van der Waals surface area contributed by atoms with Gasteiger partial charge < -0.3 is 10.6 Å². The van der Waals surface area contributed by atoms with E-state index in [1.165, 1.54) is 13.8 Å². The highest BCUT2D eigenvalue weighted by Crippen LogP contribution is 2.15. The zero-order chi connectivity index (χ0) is 20.3. The van der Waals surface area contributed by atoms with E-state index in [-0.39, 0.29) is 5.69 Å². The Labute approximate surface area is 152 Å². The molecule has 1 aliphatic heterocycles. The molecular weight excluding hydrogens is 366 g/mol. The van der Waals surface area contributed by atoms with Crippen LogP contribution in [0.4, 0.5) is 19.3 Å². The summed E-state index contributed by atoms with van der Waals surface area (Å²) in [5.41, 5.74) is -0.0174. The first kappa shape index (κ1) is 19.9. The lowest BCUT2D eigenvalue weighted by atomic mass is 10.3. The molecule has 0 bridgehead atoms. The lowest BCUT2D eigenvalue weighted by molar-refractivity contribution is -0.144. The number of amides is 6. The lowest BCUT2D eigenvalue weighted by Crippen LogP contribution is -2.44. The second kappa shape index (κ2) is 7.89. The maximum absolute atomic E-state index is 13.1. The average molecular weight is 382 g/mol. The molecule has 0 aliphatic carbocycles. The number of anilines is 1. The minimum atomic E-state index is -1.15. The van der Waals surface area contributed by atoms with Gasteiger partial charge in [-0.25, -0.2) is 18.5 Å². The Kier molecular flexibility index (Phi) is 5.83. The van der Waals surface area contributed by atoms with Crippen molar-refractivity contribution in [2.75, 3.05) is 18.4 Å². The number of hydrogen-bond donors (Lipinski definition) is 2. The number of hydrogen-bond acceptors (Lipinski definition) is 5. The molecule has 6 amide bonds. The van der Waals surface area contributed by atoms with Crippen molar-refractivity contribution in [1.82, 2.24) is 15.1 Å². The molecule has 27 heavy (non-hydrogen) atoms. The van der Waals surface area contributed by atoms with Gasteiger partial charge in [0.15, 0.2) is 11.6 Å². The predicted octanol–water partition coefficient (Wildman–Crippen LogP) is 0.219. The van der Waals surface area contributed by atoms with Crippen LogP contribution in [0.1, 0.15) is 13.8 Å². The normalized spacial score (nSPS) is 14.2. The molecule has 0 spiro atoms. The number of benzene rings is 1. The molecule has 9 nitrogen and oxygen atoms in total. The van der Waals surface area contributed by atoms with E-state index in [0.29, 0.717) is 4.90 Å². The number of halogens is 2. The molecule has 1 saturated heterocycles. The molecule has 0 atom stereocenters. The van der Waals surface area contributed by atoms with E-state index < -0.39 is 60.4 Å². The van der Waals surface area contributed by atoms with Gasteiger partial charge in [0.2, 0.25) is 11.8 Å². The van der Waals surface area contributed by atoms with Gasteiger partial charge in [-0.15, -0.1) is 0 Å². The van der Waals surface area contributed by atoms with Gasteiger partial charge in [-0.05, 0) is 26.0 Å². The standard InChI is InChI=1S/C16H16F2N4O5/c1-8(2)22-15(26)14(25)21(16(22)27)7-13(24)19-6-12(23)20-9-3-4-10(17)11(18)5-9/h3-5,8H,6-7H2,1-2H3,(H,19,24)(H,20,23). The topological polar surface area (TPSA) is 116 Å². The zero-order valence-electron chi connectivity index (χ0n) is 14.4. The smallest absolute Gasteiger partial charge is 0.334 e. The number of rotatable bonds is 6. The highest BCUT2D eigenvalue weighted by molar-refractivity contribution is 6.45. The summed E-state index contributed by atoms with van der Waals surface area (Å²) in [5.74, 6) is -5.98. The van der Waals surface area contributed by atoms with E-state index in [2.05, 4.69) is 10.6 Å². The number of nitrogens with zero attached hydrogens (tertiary/aromatic N) is 2. The van der Waals surface area contributed by atoms with E-state index in [1.807, 2.05) is 0 Å². The summed E-state index contributed by atoms with van der Waals surface area (Å²) in [5, 5.41) is 4.40. The van der Waals surface area contributed by atoms with Crippen molar-refractivity contribution in [1.29, 1.82) is 0 Å². The molecule has 0 saturated carbocycles. The number of carbonyl (C=O) groups is 5. The summed E-state index contributed by atoms with van der Waals surface area (Å²) < 4.78 is 25.9. The Bertz CT molecular complexity index is 827. The van der Waals surface area contributed by atoms with Gasteiger partial charge in [-0.3, -0.25) is 24.1 Å². The Balaban J connectivity index is 1.88. The monoisotopic (exact) mass is 382 g/mol. The molecule has 1 aliphatic rings. The van der Waals surface area contributed by atoms with Gasteiger partial charge in [0.1, 0.15) is 6.54 Å². The van der Waals surface area contributed by atoms with Crippen molar-refractivity contribution >= 4 is 35.3 Å². The highest BCUT2D eigenvalue weighted by atomic mass is 19.2. The summed E-state index contributed by atoms with van der Waals surface area (Å²) in [7, 11) is 0. The third-order valence-corrected chi connectivity index (χ3v) is 3.55. The molecule has 1 aromatic rings. The third kappa shape index (κ3) is 4.43. The predicted molar refractivity (Wildman–Crippen MR) is 87.1 cm³/mol. The van der Waals surface area contributed by atoms with Crippen molar-refractivity contribution in [3.63, 3.8) is 0 Å². The fourth-order valence-electron chi connectivity index (χ4n) is 2.27. The van der Waals surface area contributed by atoms with E-state index in [4.69, 9.17) is 0 Å². The second-order valence-corrected chi connectivity index (χ2v) is 5.90. The van der Waals surface area contributed by atoms with Crippen LogP contribution in [0, 0.1) is 11.6 Å². The van der Waals surface area contributed by atoms with E-state index in [0.717, 1.165) is 23.1 Å². The molecule has 144 valence electrons. The van der Waals surface area contributed by atoms with Crippen LogP contribution in [0.25, 0.3) is 0 Å². The van der Waals surface area contributed by atoms with Crippen LogP contribution in [0.5, 0.6) is 0 Å². The van der Waals surface area contributed by atoms with Gasteiger partial charge in [-0.1, -0.05) is 0 Å². The van der Waals surface area contributed by atoms with E-state index >= 15 is 0 Å². The van der Waals surface area contributed by atoms with Gasteiger partial charge in [-0.2, -0.15) is 0 Å². The maximum Gasteiger partial charge on any atom is 0.334 e. The molecule has 1 aromatic carbocycles. The van der Waals surface area contributed by atoms with Crippen LogP contribution < -0.4 is 10.6 Å². The largest absolute Gasteiger partial charge is 0.345 e. The number of nitrogens with one attached hydrogen (secondary N) is 2. The number of carbonyl (C=O) groups excluding carboxylic acids is 5. The zero-order valence-corrected chi connectivity index (χ0v) is 14.4. The van der Waals surface area contributed by atoms with Crippen LogP contribution in [-0.4, -0.2) is 58.6 Å². The van der Waals surface area contributed by atoms with Gasteiger partial charge in [0, 0.05) is 17.8 Å². The molecule has 0 radical (unpaired) electrons. The maximum atomic E-state index is 13.1. The average Bonchev–Trinajstić information content (AvgIpc) is 2.80. The molecule has 11 heteroatoms. The fourth-order valence-corrected chi connectivity index (χ4v) is 2.27. The first-order valence-electron chi connectivity index (χ1n) is 7.82. The van der Waals surface area contributed by atoms with Crippen molar-refractivity contribution < 1.29 is 32.8 Å². The summed E-state index contributed by atoms with van der Waals surface area (Å²) in [6.45, 7) is 1.80. The molecule has 0 unspecified atom stereocenters. The van der Waals surface area contributed by atoms with Crippen LogP contribution in [0.15, 0.2) is 18.2 Å².